The van der Waals surface area contributed by atoms with E-state index < -0.39 is 0 Å². The molecule has 0 N–H and O–H groups in total. The number of benzene rings is 2. The van der Waals surface area contributed by atoms with E-state index >= 15 is 0 Å². The van der Waals surface area contributed by atoms with Crippen molar-refractivity contribution in [1.82, 2.24) is 9.78 Å². The molecule has 0 aliphatic rings. The van der Waals surface area contributed by atoms with E-state index in [1.807, 2.05) is 55.5 Å². The normalized spacial score (nSPS) is 10.9. The SMILES string of the molecule is CCn1nc(-c2cccc(Cl)c2)c2ccccc2c1=O. The molecule has 0 aliphatic heterocycles. The van der Waals surface area contributed by atoms with Crippen LogP contribution in [0, 0.1) is 0 Å². The average molecular weight is 285 g/mol. The van der Waals surface area contributed by atoms with Gasteiger partial charge >= 0.3 is 0 Å². The first-order valence-corrected chi connectivity index (χ1v) is 6.84. The zero-order valence-electron chi connectivity index (χ0n) is 11.0. The van der Waals surface area contributed by atoms with E-state index in [4.69, 9.17) is 11.6 Å². The first-order chi connectivity index (χ1) is 9.70. The van der Waals surface area contributed by atoms with Crippen LogP contribution in [0.4, 0.5) is 0 Å². The van der Waals surface area contributed by atoms with Gasteiger partial charge in [0.15, 0.2) is 0 Å². The maximum Gasteiger partial charge on any atom is 0.274 e. The lowest BCUT2D eigenvalue weighted by Gasteiger charge is -2.10. The van der Waals surface area contributed by atoms with Crippen LogP contribution in [-0.2, 0) is 6.54 Å². The Bertz CT molecular complexity index is 839. The quantitative estimate of drug-likeness (QED) is 0.718. The molecular formula is C16H13ClN2O. The zero-order valence-corrected chi connectivity index (χ0v) is 11.8. The predicted molar refractivity (Wildman–Crippen MR) is 82.1 cm³/mol. The van der Waals surface area contributed by atoms with Gasteiger partial charge in [0, 0.05) is 22.5 Å². The standard InChI is InChI=1S/C16H13ClN2O/c1-2-19-16(20)14-9-4-3-8-13(14)15(18-19)11-6-5-7-12(17)10-11/h3-10H,2H2,1H3. The molecule has 3 aromatic rings. The van der Waals surface area contributed by atoms with Crippen LogP contribution in [0.15, 0.2) is 53.3 Å². The van der Waals surface area contributed by atoms with Gasteiger partial charge in [-0.15, -0.1) is 0 Å². The number of aryl methyl sites for hydroxylation is 1. The van der Waals surface area contributed by atoms with Crippen LogP contribution in [0.25, 0.3) is 22.0 Å². The molecule has 20 heavy (non-hydrogen) atoms. The third kappa shape index (κ3) is 2.10. The summed E-state index contributed by atoms with van der Waals surface area (Å²) in [4.78, 5) is 12.3. The topological polar surface area (TPSA) is 34.9 Å². The Kier molecular flexibility index (Phi) is 3.28. The fourth-order valence-corrected chi connectivity index (χ4v) is 2.49. The molecule has 3 nitrogen and oxygen atoms in total. The van der Waals surface area contributed by atoms with Gasteiger partial charge in [0.2, 0.25) is 0 Å². The van der Waals surface area contributed by atoms with Crippen molar-refractivity contribution < 1.29 is 0 Å². The van der Waals surface area contributed by atoms with Gasteiger partial charge in [-0.05, 0) is 25.1 Å². The Morgan fingerprint density at radius 1 is 1.10 bits per heavy atom. The van der Waals surface area contributed by atoms with E-state index in [-0.39, 0.29) is 5.56 Å². The van der Waals surface area contributed by atoms with Crippen LogP contribution < -0.4 is 5.56 Å². The summed E-state index contributed by atoms with van der Waals surface area (Å²) in [6.45, 7) is 2.45. The number of rotatable bonds is 2. The third-order valence-corrected chi connectivity index (χ3v) is 3.50. The molecule has 0 aliphatic carbocycles. The molecular weight excluding hydrogens is 272 g/mol. The molecule has 0 radical (unpaired) electrons. The van der Waals surface area contributed by atoms with Crippen molar-refractivity contribution in [2.45, 2.75) is 13.5 Å². The third-order valence-electron chi connectivity index (χ3n) is 3.27. The molecule has 2 aromatic carbocycles. The van der Waals surface area contributed by atoms with Crippen molar-refractivity contribution in [2.75, 3.05) is 0 Å². The van der Waals surface area contributed by atoms with Crippen LogP contribution >= 0.6 is 11.6 Å². The molecule has 0 fully saturated rings. The second-order valence-electron chi connectivity index (χ2n) is 4.53. The van der Waals surface area contributed by atoms with Crippen molar-refractivity contribution in [2.24, 2.45) is 0 Å². The summed E-state index contributed by atoms with van der Waals surface area (Å²) in [5.41, 5.74) is 1.63. The molecule has 0 unspecified atom stereocenters. The summed E-state index contributed by atoms with van der Waals surface area (Å²) in [7, 11) is 0. The Morgan fingerprint density at radius 3 is 2.55 bits per heavy atom. The smallest absolute Gasteiger partial charge is 0.267 e. The Morgan fingerprint density at radius 2 is 1.85 bits per heavy atom. The number of aromatic nitrogens is 2. The predicted octanol–water partition coefficient (Wildman–Crippen LogP) is 3.74. The van der Waals surface area contributed by atoms with Crippen molar-refractivity contribution >= 4 is 22.4 Å². The van der Waals surface area contributed by atoms with Crippen molar-refractivity contribution in [1.29, 1.82) is 0 Å². The minimum Gasteiger partial charge on any atom is -0.267 e. The fourth-order valence-electron chi connectivity index (χ4n) is 2.30. The Labute approximate surface area is 121 Å². The Balaban J connectivity index is 2.41. The van der Waals surface area contributed by atoms with E-state index in [2.05, 4.69) is 5.10 Å². The number of hydrogen-bond donors (Lipinski definition) is 0. The summed E-state index contributed by atoms with van der Waals surface area (Å²) in [5.74, 6) is 0. The van der Waals surface area contributed by atoms with Gasteiger partial charge in [-0.3, -0.25) is 4.79 Å². The summed E-state index contributed by atoms with van der Waals surface area (Å²) >= 11 is 6.05. The number of halogens is 1. The van der Waals surface area contributed by atoms with E-state index in [9.17, 15) is 4.79 Å². The molecule has 0 saturated heterocycles. The lowest BCUT2D eigenvalue weighted by molar-refractivity contribution is 0.626. The molecule has 0 amide bonds. The van der Waals surface area contributed by atoms with Crippen LogP contribution in [0.5, 0.6) is 0 Å². The van der Waals surface area contributed by atoms with Gasteiger partial charge in [0.05, 0.1) is 11.1 Å². The first-order valence-electron chi connectivity index (χ1n) is 6.46. The zero-order chi connectivity index (χ0) is 14.1. The molecule has 0 saturated carbocycles. The molecule has 1 aromatic heterocycles. The maximum atomic E-state index is 12.3. The maximum absolute atomic E-state index is 12.3. The second-order valence-corrected chi connectivity index (χ2v) is 4.96. The highest BCUT2D eigenvalue weighted by molar-refractivity contribution is 6.30. The fraction of sp³-hybridized carbons (Fsp3) is 0.125. The van der Waals surface area contributed by atoms with Gasteiger partial charge in [-0.25, -0.2) is 4.68 Å². The van der Waals surface area contributed by atoms with E-state index in [1.54, 1.807) is 0 Å². The molecule has 100 valence electrons. The highest BCUT2D eigenvalue weighted by Crippen LogP contribution is 2.26. The number of nitrogens with zero attached hydrogens (tertiary/aromatic N) is 2. The van der Waals surface area contributed by atoms with Gasteiger partial charge in [0.25, 0.3) is 5.56 Å². The molecule has 1 heterocycles. The van der Waals surface area contributed by atoms with Gasteiger partial charge in [-0.1, -0.05) is 41.9 Å². The van der Waals surface area contributed by atoms with Crippen LogP contribution in [0.2, 0.25) is 5.02 Å². The number of hydrogen-bond acceptors (Lipinski definition) is 2. The van der Waals surface area contributed by atoms with Crippen LogP contribution in [0.1, 0.15) is 6.92 Å². The highest BCUT2D eigenvalue weighted by Gasteiger charge is 2.11. The van der Waals surface area contributed by atoms with Gasteiger partial charge in [-0.2, -0.15) is 5.10 Å². The molecule has 0 atom stereocenters. The number of fused-ring (bicyclic) bond motifs is 1. The molecule has 4 heteroatoms. The first kappa shape index (κ1) is 12.9. The van der Waals surface area contributed by atoms with Crippen molar-refractivity contribution in [3.05, 3.63) is 63.9 Å². The lowest BCUT2D eigenvalue weighted by atomic mass is 10.1. The summed E-state index contributed by atoms with van der Waals surface area (Å²) in [6.07, 6.45) is 0. The average Bonchev–Trinajstić information content (AvgIpc) is 2.48. The molecule has 0 bridgehead atoms. The summed E-state index contributed by atoms with van der Waals surface area (Å²) in [6, 6.07) is 15.0. The second kappa shape index (κ2) is 5.10. The monoisotopic (exact) mass is 284 g/mol. The minimum atomic E-state index is -0.0612. The lowest BCUT2D eigenvalue weighted by Crippen LogP contribution is -2.22. The van der Waals surface area contributed by atoms with E-state index in [0.717, 1.165) is 16.6 Å². The van der Waals surface area contributed by atoms with Crippen molar-refractivity contribution in [3.63, 3.8) is 0 Å². The molecule has 3 rings (SSSR count). The Hall–Kier alpha value is -2.13. The molecule has 0 spiro atoms. The summed E-state index contributed by atoms with van der Waals surface area (Å²) in [5, 5.41) is 6.66. The highest BCUT2D eigenvalue weighted by atomic mass is 35.5. The minimum absolute atomic E-state index is 0.0612. The largest absolute Gasteiger partial charge is 0.274 e. The van der Waals surface area contributed by atoms with Gasteiger partial charge in [0.1, 0.15) is 0 Å². The van der Waals surface area contributed by atoms with Crippen LogP contribution in [0.3, 0.4) is 0 Å². The van der Waals surface area contributed by atoms with E-state index in [0.29, 0.717) is 17.0 Å². The van der Waals surface area contributed by atoms with E-state index in [1.165, 1.54) is 4.68 Å². The van der Waals surface area contributed by atoms with Crippen LogP contribution in [-0.4, -0.2) is 9.78 Å². The van der Waals surface area contributed by atoms with Gasteiger partial charge < -0.3 is 0 Å². The van der Waals surface area contributed by atoms with Crippen molar-refractivity contribution in [3.8, 4) is 11.3 Å². The summed E-state index contributed by atoms with van der Waals surface area (Å²) < 4.78 is 1.48.